The number of carbonyl (C=O) groups is 2. The SMILES string of the molecule is COC(=O)C12Cc3ccccc3C1=C(c1ccccc1)C(=O)C(C)(C)C2. The molecule has 0 N–H and O–H groups in total. The van der Waals surface area contributed by atoms with Gasteiger partial charge in [0.25, 0.3) is 0 Å². The van der Waals surface area contributed by atoms with Crippen LogP contribution in [0.25, 0.3) is 11.1 Å². The first-order chi connectivity index (χ1) is 12.4. The van der Waals surface area contributed by atoms with E-state index in [1.807, 2.05) is 68.4 Å². The van der Waals surface area contributed by atoms with Crippen molar-refractivity contribution in [2.24, 2.45) is 10.8 Å². The number of benzene rings is 2. The predicted octanol–water partition coefficient (Wildman–Crippen LogP) is 4.31. The third-order valence-electron chi connectivity index (χ3n) is 5.73. The summed E-state index contributed by atoms with van der Waals surface area (Å²) in [7, 11) is 1.43. The van der Waals surface area contributed by atoms with Crippen molar-refractivity contribution in [2.45, 2.75) is 26.7 Å². The highest BCUT2D eigenvalue weighted by atomic mass is 16.5. The van der Waals surface area contributed by atoms with E-state index in [9.17, 15) is 9.59 Å². The second-order valence-corrected chi connectivity index (χ2v) is 7.91. The van der Waals surface area contributed by atoms with E-state index in [4.69, 9.17) is 4.74 Å². The lowest BCUT2D eigenvalue weighted by atomic mass is 9.59. The van der Waals surface area contributed by atoms with Crippen molar-refractivity contribution in [3.8, 4) is 0 Å². The van der Waals surface area contributed by atoms with Crippen LogP contribution < -0.4 is 0 Å². The zero-order valence-corrected chi connectivity index (χ0v) is 15.3. The zero-order valence-electron chi connectivity index (χ0n) is 15.3. The Hall–Kier alpha value is -2.68. The quantitative estimate of drug-likeness (QED) is 0.761. The van der Waals surface area contributed by atoms with Gasteiger partial charge in [-0.3, -0.25) is 9.59 Å². The lowest BCUT2D eigenvalue weighted by Gasteiger charge is -2.41. The number of rotatable bonds is 2. The molecule has 0 bridgehead atoms. The van der Waals surface area contributed by atoms with E-state index in [2.05, 4.69) is 0 Å². The number of Topliss-reactive ketones (excluding diaryl/α,β-unsaturated/α-hetero) is 1. The van der Waals surface area contributed by atoms with Gasteiger partial charge in [0.2, 0.25) is 0 Å². The highest BCUT2D eigenvalue weighted by Crippen LogP contribution is 2.60. The van der Waals surface area contributed by atoms with Crippen molar-refractivity contribution in [1.29, 1.82) is 0 Å². The number of methoxy groups -OCH3 is 1. The number of esters is 1. The van der Waals surface area contributed by atoms with Gasteiger partial charge in [0, 0.05) is 11.0 Å². The van der Waals surface area contributed by atoms with Crippen LogP contribution in [0.5, 0.6) is 0 Å². The Morgan fingerprint density at radius 2 is 1.65 bits per heavy atom. The van der Waals surface area contributed by atoms with Crippen LogP contribution >= 0.6 is 0 Å². The van der Waals surface area contributed by atoms with Crippen LogP contribution in [0.2, 0.25) is 0 Å². The van der Waals surface area contributed by atoms with Crippen LogP contribution in [0.3, 0.4) is 0 Å². The van der Waals surface area contributed by atoms with E-state index in [1.165, 1.54) is 7.11 Å². The Morgan fingerprint density at radius 3 is 2.35 bits per heavy atom. The molecule has 1 atom stereocenters. The standard InChI is InChI=1S/C23H22O3/c1-22(2)14-23(21(25)26-3)13-16-11-7-8-12-17(16)19(23)18(20(22)24)15-9-5-4-6-10-15/h4-12H,13-14H2,1-3H3. The Labute approximate surface area is 153 Å². The minimum atomic E-state index is -0.805. The summed E-state index contributed by atoms with van der Waals surface area (Å²) >= 11 is 0. The van der Waals surface area contributed by atoms with Gasteiger partial charge in [-0.2, -0.15) is 0 Å². The maximum atomic E-state index is 13.4. The molecule has 132 valence electrons. The second kappa shape index (κ2) is 5.66. The van der Waals surface area contributed by atoms with Crippen molar-refractivity contribution >= 4 is 22.9 Å². The minimum absolute atomic E-state index is 0.0925. The van der Waals surface area contributed by atoms with Gasteiger partial charge in [-0.1, -0.05) is 68.4 Å². The topological polar surface area (TPSA) is 43.4 Å². The second-order valence-electron chi connectivity index (χ2n) is 7.91. The van der Waals surface area contributed by atoms with Gasteiger partial charge in [-0.15, -0.1) is 0 Å². The van der Waals surface area contributed by atoms with Crippen molar-refractivity contribution in [2.75, 3.05) is 7.11 Å². The first-order valence-corrected chi connectivity index (χ1v) is 8.92. The number of hydrogen-bond donors (Lipinski definition) is 0. The van der Waals surface area contributed by atoms with E-state index < -0.39 is 10.8 Å². The molecule has 2 aliphatic carbocycles. The molecule has 0 amide bonds. The average Bonchev–Trinajstić information content (AvgIpc) is 2.96. The first kappa shape index (κ1) is 16.8. The predicted molar refractivity (Wildman–Crippen MR) is 101 cm³/mol. The summed E-state index contributed by atoms with van der Waals surface area (Å²) < 4.78 is 5.25. The van der Waals surface area contributed by atoms with E-state index in [0.717, 1.165) is 22.3 Å². The molecule has 0 heterocycles. The van der Waals surface area contributed by atoms with Crippen LogP contribution in [0.15, 0.2) is 54.6 Å². The fraction of sp³-hybridized carbons (Fsp3) is 0.304. The minimum Gasteiger partial charge on any atom is -0.468 e. The molecule has 0 saturated carbocycles. The molecule has 4 rings (SSSR count). The first-order valence-electron chi connectivity index (χ1n) is 8.92. The molecule has 0 spiro atoms. The van der Waals surface area contributed by atoms with Gasteiger partial charge in [0.1, 0.15) is 0 Å². The number of ketones is 1. The van der Waals surface area contributed by atoms with Gasteiger partial charge in [0.05, 0.1) is 12.5 Å². The molecular weight excluding hydrogens is 324 g/mol. The van der Waals surface area contributed by atoms with Crippen molar-refractivity contribution in [1.82, 2.24) is 0 Å². The number of fused-ring (bicyclic) bond motifs is 3. The number of ether oxygens (including phenoxy) is 1. The Bertz CT molecular complexity index is 937. The molecule has 2 aromatic rings. The van der Waals surface area contributed by atoms with Gasteiger partial charge in [-0.25, -0.2) is 0 Å². The molecule has 0 aliphatic heterocycles. The van der Waals surface area contributed by atoms with Crippen LogP contribution in [0.1, 0.15) is 37.0 Å². The lowest BCUT2D eigenvalue weighted by Crippen LogP contribution is -2.44. The number of hydrogen-bond acceptors (Lipinski definition) is 3. The third kappa shape index (κ3) is 2.20. The fourth-order valence-electron chi connectivity index (χ4n) is 4.72. The van der Waals surface area contributed by atoms with Gasteiger partial charge in [-0.05, 0) is 35.1 Å². The Kier molecular flexibility index (Phi) is 3.65. The van der Waals surface area contributed by atoms with Crippen LogP contribution in [0, 0.1) is 10.8 Å². The average molecular weight is 346 g/mol. The van der Waals surface area contributed by atoms with Gasteiger partial charge in [0.15, 0.2) is 5.78 Å². The van der Waals surface area contributed by atoms with Crippen molar-refractivity contribution in [3.63, 3.8) is 0 Å². The van der Waals surface area contributed by atoms with Gasteiger partial charge >= 0.3 is 5.97 Å². The normalized spacial score (nSPS) is 23.4. The molecular formula is C23H22O3. The van der Waals surface area contributed by atoms with Crippen LogP contribution in [0.4, 0.5) is 0 Å². The summed E-state index contributed by atoms with van der Waals surface area (Å²) in [6, 6.07) is 17.7. The summed E-state index contributed by atoms with van der Waals surface area (Å²) in [5.74, 6) is -0.160. The van der Waals surface area contributed by atoms with E-state index in [1.54, 1.807) is 0 Å². The summed E-state index contributed by atoms with van der Waals surface area (Å²) in [6.45, 7) is 3.87. The summed E-state index contributed by atoms with van der Waals surface area (Å²) in [5.41, 5.74) is 3.04. The van der Waals surface area contributed by atoms with Crippen molar-refractivity contribution in [3.05, 3.63) is 71.3 Å². The van der Waals surface area contributed by atoms with E-state index in [-0.39, 0.29) is 11.8 Å². The number of allylic oxidation sites excluding steroid dienone is 1. The molecule has 0 aromatic heterocycles. The molecule has 3 nitrogen and oxygen atoms in total. The maximum Gasteiger partial charge on any atom is 0.316 e. The molecule has 2 aromatic carbocycles. The van der Waals surface area contributed by atoms with Crippen LogP contribution in [-0.4, -0.2) is 18.9 Å². The molecule has 26 heavy (non-hydrogen) atoms. The smallest absolute Gasteiger partial charge is 0.316 e. The lowest BCUT2D eigenvalue weighted by molar-refractivity contribution is -0.151. The molecule has 0 radical (unpaired) electrons. The Morgan fingerprint density at radius 1 is 1.00 bits per heavy atom. The Balaban J connectivity index is 2.12. The fourth-order valence-corrected chi connectivity index (χ4v) is 4.72. The number of carbonyl (C=O) groups excluding carboxylic acids is 2. The molecule has 2 aliphatic rings. The maximum absolute atomic E-state index is 13.4. The van der Waals surface area contributed by atoms with Crippen LogP contribution in [-0.2, 0) is 20.7 Å². The van der Waals surface area contributed by atoms with E-state index >= 15 is 0 Å². The molecule has 0 fully saturated rings. The summed E-state index contributed by atoms with van der Waals surface area (Å²) in [4.78, 5) is 26.5. The summed E-state index contributed by atoms with van der Waals surface area (Å²) in [6.07, 6.45) is 1.05. The molecule has 0 saturated heterocycles. The molecule has 3 heteroatoms. The van der Waals surface area contributed by atoms with E-state index in [0.29, 0.717) is 18.4 Å². The summed E-state index contributed by atoms with van der Waals surface area (Å²) in [5, 5.41) is 0. The largest absolute Gasteiger partial charge is 0.468 e. The molecule has 1 unspecified atom stereocenters. The third-order valence-corrected chi connectivity index (χ3v) is 5.73. The highest BCUT2D eigenvalue weighted by molar-refractivity contribution is 6.33. The zero-order chi connectivity index (χ0) is 18.5. The van der Waals surface area contributed by atoms with Gasteiger partial charge < -0.3 is 4.74 Å². The van der Waals surface area contributed by atoms with Crippen molar-refractivity contribution < 1.29 is 14.3 Å². The highest BCUT2D eigenvalue weighted by Gasteiger charge is 2.58. The monoisotopic (exact) mass is 346 g/mol.